The molecule has 1 fully saturated rings. The molecule has 1 aromatic rings. The van der Waals surface area contributed by atoms with Crippen molar-refractivity contribution in [3.63, 3.8) is 0 Å². The van der Waals surface area contributed by atoms with Crippen LogP contribution in [-0.2, 0) is 0 Å². The van der Waals surface area contributed by atoms with Gasteiger partial charge in [-0.15, -0.1) is 0 Å². The minimum Gasteiger partial charge on any atom is -0.490 e. The van der Waals surface area contributed by atoms with Crippen LogP contribution in [0.1, 0.15) is 66.0 Å². The molecule has 2 N–H and O–H groups in total. The first kappa shape index (κ1) is 24.3. The molecule has 0 saturated carbocycles. The van der Waals surface area contributed by atoms with Crippen LogP contribution in [0.15, 0.2) is 23.2 Å². The summed E-state index contributed by atoms with van der Waals surface area (Å²) in [5, 5.41) is 6.96. The summed E-state index contributed by atoms with van der Waals surface area (Å²) in [5.74, 6) is 3.09. The summed E-state index contributed by atoms with van der Waals surface area (Å²) in [6.07, 6.45) is 2.53. The molecule has 170 valence electrons. The lowest BCUT2D eigenvalue weighted by atomic mass is 9.97. The SMILES string of the molecule is CCNC(=NCC1CCCN(C(C)C)C1)NC(C)c1ccc(OCC)c(OCC)c1. The van der Waals surface area contributed by atoms with Gasteiger partial charge in [0.05, 0.1) is 19.3 Å². The minimum absolute atomic E-state index is 0.108. The molecule has 0 aromatic heterocycles. The van der Waals surface area contributed by atoms with E-state index in [4.69, 9.17) is 14.5 Å². The summed E-state index contributed by atoms with van der Waals surface area (Å²) in [4.78, 5) is 7.49. The van der Waals surface area contributed by atoms with Crippen LogP contribution in [0.25, 0.3) is 0 Å². The van der Waals surface area contributed by atoms with E-state index in [-0.39, 0.29) is 6.04 Å². The number of piperidine rings is 1. The third-order valence-electron chi connectivity index (χ3n) is 5.55. The number of aliphatic imine (C=N–C) groups is 1. The van der Waals surface area contributed by atoms with E-state index >= 15 is 0 Å². The fraction of sp³-hybridized carbons (Fsp3) is 0.708. The zero-order chi connectivity index (χ0) is 21.9. The quantitative estimate of drug-likeness (QED) is 0.440. The summed E-state index contributed by atoms with van der Waals surface area (Å²) in [7, 11) is 0. The van der Waals surface area contributed by atoms with Crippen molar-refractivity contribution < 1.29 is 9.47 Å². The van der Waals surface area contributed by atoms with Crippen LogP contribution in [0.5, 0.6) is 11.5 Å². The number of rotatable bonds is 10. The number of hydrogen-bond acceptors (Lipinski definition) is 4. The Morgan fingerprint density at radius 1 is 1.13 bits per heavy atom. The van der Waals surface area contributed by atoms with Gasteiger partial charge in [0.1, 0.15) is 0 Å². The van der Waals surface area contributed by atoms with Crippen molar-refractivity contribution in [1.29, 1.82) is 0 Å². The second-order valence-electron chi connectivity index (χ2n) is 8.25. The summed E-state index contributed by atoms with van der Waals surface area (Å²) in [5.41, 5.74) is 1.15. The molecule has 1 aliphatic heterocycles. The highest BCUT2D eigenvalue weighted by molar-refractivity contribution is 5.80. The molecule has 0 amide bonds. The zero-order valence-electron chi connectivity index (χ0n) is 19.8. The molecule has 0 aliphatic carbocycles. The van der Waals surface area contributed by atoms with E-state index in [1.807, 2.05) is 19.9 Å². The molecule has 6 nitrogen and oxygen atoms in total. The van der Waals surface area contributed by atoms with Crippen LogP contribution in [0.3, 0.4) is 0 Å². The second kappa shape index (κ2) is 12.7. The lowest BCUT2D eigenvalue weighted by molar-refractivity contribution is 0.143. The molecule has 0 spiro atoms. The van der Waals surface area contributed by atoms with Gasteiger partial charge in [0.2, 0.25) is 0 Å². The number of likely N-dealkylation sites (tertiary alicyclic amines) is 1. The maximum atomic E-state index is 5.79. The molecular formula is C24H42N4O2. The molecule has 1 aromatic carbocycles. The average Bonchev–Trinajstić information content (AvgIpc) is 2.74. The number of guanidine groups is 1. The first-order chi connectivity index (χ1) is 14.5. The van der Waals surface area contributed by atoms with Gasteiger partial charge in [-0.25, -0.2) is 0 Å². The van der Waals surface area contributed by atoms with Crippen molar-refractivity contribution in [3.8, 4) is 11.5 Å². The van der Waals surface area contributed by atoms with Crippen molar-refractivity contribution in [2.75, 3.05) is 39.4 Å². The van der Waals surface area contributed by atoms with Gasteiger partial charge >= 0.3 is 0 Å². The lowest BCUT2D eigenvalue weighted by Crippen LogP contribution is -2.42. The first-order valence-electron chi connectivity index (χ1n) is 11.7. The van der Waals surface area contributed by atoms with Gasteiger partial charge < -0.3 is 25.0 Å². The average molecular weight is 419 g/mol. The van der Waals surface area contributed by atoms with E-state index in [1.165, 1.54) is 19.4 Å². The summed E-state index contributed by atoms with van der Waals surface area (Å²) >= 11 is 0. The Balaban J connectivity index is 2.04. The van der Waals surface area contributed by atoms with E-state index in [1.54, 1.807) is 0 Å². The molecular weight excluding hydrogens is 376 g/mol. The number of nitrogens with one attached hydrogen (secondary N) is 2. The highest BCUT2D eigenvalue weighted by Crippen LogP contribution is 2.30. The number of ether oxygens (including phenoxy) is 2. The molecule has 6 heteroatoms. The van der Waals surface area contributed by atoms with Gasteiger partial charge in [-0.2, -0.15) is 0 Å². The Bertz CT molecular complexity index is 663. The highest BCUT2D eigenvalue weighted by atomic mass is 16.5. The van der Waals surface area contributed by atoms with Crippen LogP contribution in [-0.4, -0.2) is 56.3 Å². The van der Waals surface area contributed by atoms with Crippen LogP contribution in [0, 0.1) is 5.92 Å². The monoisotopic (exact) mass is 418 g/mol. The van der Waals surface area contributed by atoms with Crippen molar-refractivity contribution in [3.05, 3.63) is 23.8 Å². The van der Waals surface area contributed by atoms with Crippen LogP contribution < -0.4 is 20.1 Å². The minimum atomic E-state index is 0.108. The third-order valence-corrected chi connectivity index (χ3v) is 5.55. The Morgan fingerprint density at radius 2 is 1.87 bits per heavy atom. The van der Waals surface area contributed by atoms with Gasteiger partial charge in [-0.05, 0) is 84.5 Å². The van der Waals surface area contributed by atoms with Gasteiger partial charge in [-0.1, -0.05) is 6.07 Å². The Morgan fingerprint density at radius 3 is 2.53 bits per heavy atom. The van der Waals surface area contributed by atoms with Gasteiger partial charge in [-0.3, -0.25) is 4.99 Å². The van der Waals surface area contributed by atoms with Gasteiger partial charge in [0, 0.05) is 25.7 Å². The maximum Gasteiger partial charge on any atom is 0.191 e. The normalized spacial score (nSPS) is 18.9. The molecule has 0 bridgehead atoms. The Kier molecular flexibility index (Phi) is 10.3. The molecule has 2 rings (SSSR count). The molecule has 0 radical (unpaired) electrons. The largest absolute Gasteiger partial charge is 0.490 e. The second-order valence-corrected chi connectivity index (χ2v) is 8.25. The highest BCUT2D eigenvalue weighted by Gasteiger charge is 2.21. The van der Waals surface area contributed by atoms with Crippen LogP contribution in [0.4, 0.5) is 0 Å². The Labute approximate surface area is 183 Å². The molecule has 2 unspecified atom stereocenters. The Hall–Kier alpha value is -1.95. The predicted molar refractivity (Wildman–Crippen MR) is 126 cm³/mol. The fourth-order valence-electron chi connectivity index (χ4n) is 3.88. The predicted octanol–water partition coefficient (Wildman–Crippen LogP) is 4.22. The van der Waals surface area contributed by atoms with E-state index in [0.29, 0.717) is 25.2 Å². The summed E-state index contributed by atoms with van der Waals surface area (Å²) in [6.45, 7) is 18.1. The molecule has 1 aliphatic rings. The topological polar surface area (TPSA) is 58.1 Å². The van der Waals surface area contributed by atoms with Gasteiger partial charge in [0.15, 0.2) is 17.5 Å². The van der Waals surface area contributed by atoms with Crippen molar-refractivity contribution in [2.24, 2.45) is 10.9 Å². The molecule has 30 heavy (non-hydrogen) atoms. The molecule has 1 saturated heterocycles. The number of benzene rings is 1. The fourth-order valence-corrected chi connectivity index (χ4v) is 3.88. The third kappa shape index (κ3) is 7.38. The van der Waals surface area contributed by atoms with Crippen molar-refractivity contribution >= 4 is 5.96 Å². The van der Waals surface area contributed by atoms with Crippen molar-refractivity contribution in [1.82, 2.24) is 15.5 Å². The van der Waals surface area contributed by atoms with E-state index < -0.39 is 0 Å². The van der Waals surface area contributed by atoms with E-state index in [2.05, 4.69) is 55.4 Å². The standard InChI is InChI=1S/C24H42N4O2/c1-7-25-24(26-16-20-11-10-14-28(17-20)18(4)5)27-19(6)21-12-13-22(29-8-2)23(15-21)30-9-3/h12-13,15,18-20H,7-11,14,16-17H2,1-6H3,(H2,25,26,27). The molecule has 1 heterocycles. The summed E-state index contributed by atoms with van der Waals surface area (Å²) < 4.78 is 11.5. The smallest absolute Gasteiger partial charge is 0.191 e. The van der Waals surface area contributed by atoms with Gasteiger partial charge in [0.25, 0.3) is 0 Å². The van der Waals surface area contributed by atoms with E-state index in [9.17, 15) is 0 Å². The van der Waals surface area contributed by atoms with Crippen LogP contribution >= 0.6 is 0 Å². The molecule has 2 atom stereocenters. The number of nitrogens with zero attached hydrogens (tertiary/aromatic N) is 2. The first-order valence-corrected chi connectivity index (χ1v) is 11.7. The zero-order valence-corrected chi connectivity index (χ0v) is 19.8. The van der Waals surface area contributed by atoms with Crippen molar-refractivity contribution in [2.45, 2.75) is 66.5 Å². The van der Waals surface area contributed by atoms with Crippen LogP contribution in [0.2, 0.25) is 0 Å². The summed E-state index contributed by atoms with van der Waals surface area (Å²) in [6, 6.07) is 6.88. The lowest BCUT2D eigenvalue weighted by Gasteiger charge is -2.35. The number of hydrogen-bond donors (Lipinski definition) is 2. The van der Waals surface area contributed by atoms with E-state index in [0.717, 1.165) is 42.7 Å². The maximum absolute atomic E-state index is 5.79.